The van der Waals surface area contributed by atoms with Crippen LogP contribution in [0.1, 0.15) is 22.3 Å². The molecule has 2 heterocycles. The van der Waals surface area contributed by atoms with Crippen molar-refractivity contribution in [2.45, 2.75) is 24.7 Å². The van der Waals surface area contributed by atoms with Crippen LogP contribution in [0.4, 0.5) is 57.1 Å². The predicted molar refractivity (Wildman–Crippen MR) is 247 cm³/mol. The average molecular weight is 993 g/mol. The average Bonchev–Trinajstić information content (AvgIpc) is 3.68. The molecule has 0 radical (unpaired) electrons. The molecule has 0 atom stereocenters. The molecule has 0 unspecified atom stereocenters. The van der Waals surface area contributed by atoms with Gasteiger partial charge in [0.05, 0.1) is 33.3 Å². The molecule has 72 heavy (non-hydrogen) atoms. The minimum atomic E-state index is -5.27. The fraction of sp³-hybridized carbons (Fsp3) is 0.0727. The molecular weight excluding hydrogens is 964 g/mol. The summed E-state index contributed by atoms with van der Waals surface area (Å²) in [5.74, 6) is -0.203. The zero-order chi connectivity index (χ0) is 50.9. The maximum absolute atomic E-state index is 15.9. The van der Waals surface area contributed by atoms with Gasteiger partial charge in [0.25, 0.3) is 0 Å². The van der Waals surface area contributed by atoms with Gasteiger partial charge in [-0.05, 0) is 82.4 Å². The molecule has 17 heteroatoms. The lowest BCUT2D eigenvalue weighted by Gasteiger charge is -2.18. The summed E-state index contributed by atoms with van der Waals surface area (Å²) in [5, 5.41) is 0.615. The van der Waals surface area contributed by atoms with Crippen molar-refractivity contribution in [1.29, 1.82) is 0 Å². The van der Waals surface area contributed by atoms with Crippen LogP contribution in [0.15, 0.2) is 176 Å². The number of nitrogens with zero attached hydrogens (tertiary/aromatic N) is 4. The Labute approximate surface area is 399 Å². The zero-order valence-electron chi connectivity index (χ0n) is 36.4. The van der Waals surface area contributed by atoms with Crippen molar-refractivity contribution in [3.05, 3.63) is 204 Å². The minimum Gasteiger partial charge on any atom is -0.309 e. The molecule has 0 fully saturated rings. The SMILES string of the molecule is Fc1ccccc1-c1ccc(-n2c3cc(-c4ccc(C(F)(F)F)cc4C(F)(F)F)ccc3c3ccc(-c4ccc(C(F)(F)F)cc4C(F)(F)F)cc32)cc1-c1nc(-c2ccccc2)nc(-c2ccccc2)n1. The molecule has 10 aromatic rings. The quantitative estimate of drug-likeness (QED) is 0.149. The van der Waals surface area contributed by atoms with E-state index in [0.29, 0.717) is 46.2 Å². The fourth-order valence-electron chi connectivity index (χ4n) is 8.75. The third-order valence-corrected chi connectivity index (χ3v) is 12.1. The summed E-state index contributed by atoms with van der Waals surface area (Å²) in [6.07, 6.45) is -20.8. The summed E-state index contributed by atoms with van der Waals surface area (Å²) in [7, 11) is 0. The first-order valence-corrected chi connectivity index (χ1v) is 21.6. The molecule has 10 rings (SSSR count). The van der Waals surface area contributed by atoms with Gasteiger partial charge in [0.1, 0.15) is 5.82 Å². The third-order valence-electron chi connectivity index (χ3n) is 12.1. The molecule has 360 valence electrons. The monoisotopic (exact) mass is 992 g/mol. The van der Waals surface area contributed by atoms with Gasteiger partial charge in [0, 0.05) is 38.7 Å². The predicted octanol–water partition coefficient (Wildman–Crippen LogP) is 17.2. The maximum Gasteiger partial charge on any atom is 0.417 e. The van der Waals surface area contributed by atoms with E-state index in [1.165, 1.54) is 77.4 Å². The molecule has 2 aromatic heterocycles. The smallest absolute Gasteiger partial charge is 0.309 e. The molecule has 0 N–H and O–H groups in total. The van der Waals surface area contributed by atoms with Gasteiger partial charge in [0.2, 0.25) is 0 Å². The topological polar surface area (TPSA) is 43.6 Å². The molecular formula is C55H29F13N4. The van der Waals surface area contributed by atoms with Crippen molar-refractivity contribution in [2.75, 3.05) is 0 Å². The molecule has 8 aromatic carbocycles. The second kappa shape index (κ2) is 17.5. The number of aromatic nitrogens is 4. The number of alkyl halides is 12. The zero-order valence-corrected chi connectivity index (χ0v) is 36.4. The number of hydrogen-bond donors (Lipinski definition) is 0. The Balaban J connectivity index is 1.29. The van der Waals surface area contributed by atoms with Crippen molar-refractivity contribution >= 4 is 21.8 Å². The third kappa shape index (κ3) is 8.90. The van der Waals surface area contributed by atoms with Crippen LogP contribution in [0.3, 0.4) is 0 Å². The molecule has 0 saturated carbocycles. The highest BCUT2D eigenvalue weighted by atomic mass is 19.4. The molecule has 4 nitrogen and oxygen atoms in total. The van der Waals surface area contributed by atoms with E-state index in [4.69, 9.17) is 15.0 Å². The Bertz CT molecular complexity index is 3520. The van der Waals surface area contributed by atoms with Crippen LogP contribution >= 0.6 is 0 Å². The first kappa shape index (κ1) is 47.3. The van der Waals surface area contributed by atoms with E-state index >= 15 is 4.39 Å². The van der Waals surface area contributed by atoms with E-state index < -0.39 is 63.9 Å². The summed E-state index contributed by atoms with van der Waals surface area (Å²) in [6.45, 7) is 0. The van der Waals surface area contributed by atoms with Crippen LogP contribution < -0.4 is 0 Å². The van der Waals surface area contributed by atoms with E-state index in [1.807, 2.05) is 0 Å². The summed E-state index contributed by atoms with van der Waals surface area (Å²) >= 11 is 0. The van der Waals surface area contributed by atoms with Crippen molar-refractivity contribution in [2.24, 2.45) is 0 Å². The Morgan fingerprint density at radius 1 is 0.319 bits per heavy atom. The van der Waals surface area contributed by atoms with Crippen LogP contribution in [-0.2, 0) is 24.7 Å². The van der Waals surface area contributed by atoms with Gasteiger partial charge >= 0.3 is 24.7 Å². The largest absolute Gasteiger partial charge is 0.417 e. The molecule has 0 spiro atoms. The first-order chi connectivity index (χ1) is 34.1. The molecule has 0 amide bonds. The Morgan fingerprint density at radius 3 is 1.19 bits per heavy atom. The second-order valence-electron chi connectivity index (χ2n) is 16.6. The second-order valence-corrected chi connectivity index (χ2v) is 16.6. The van der Waals surface area contributed by atoms with E-state index in [1.54, 1.807) is 66.7 Å². The molecule has 0 saturated heterocycles. The number of hydrogen-bond acceptors (Lipinski definition) is 3. The molecule has 0 aliphatic heterocycles. The number of fused-ring (bicyclic) bond motifs is 3. The van der Waals surface area contributed by atoms with Crippen LogP contribution in [0.25, 0.3) is 95.0 Å². The van der Waals surface area contributed by atoms with Gasteiger partial charge in [-0.1, -0.05) is 121 Å². The molecule has 0 aliphatic rings. The van der Waals surface area contributed by atoms with Crippen molar-refractivity contribution in [3.63, 3.8) is 0 Å². The van der Waals surface area contributed by atoms with Gasteiger partial charge in [-0.25, -0.2) is 19.3 Å². The number of benzene rings is 8. The van der Waals surface area contributed by atoms with Crippen LogP contribution in [-0.4, -0.2) is 19.5 Å². The van der Waals surface area contributed by atoms with Crippen molar-refractivity contribution < 1.29 is 57.1 Å². The van der Waals surface area contributed by atoms with Gasteiger partial charge in [-0.2, -0.15) is 52.7 Å². The van der Waals surface area contributed by atoms with E-state index in [0.717, 1.165) is 0 Å². The standard InChI is InChI=1S/C55H29F13N4/c56-46-14-8-7-13-40(46)39-24-19-36(29-43(39)51-70-49(30-9-3-1-4-10-30)69-50(71-51)31-11-5-2-6-12-31)72-47-25-32(37-22-17-34(52(57,58)59)27-44(37)54(63,64)65)15-20-41(47)42-21-16-33(26-48(42)72)38-23-18-35(53(60,61)62)28-45(38)55(66,67)68/h1-29H. The van der Waals surface area contributed by atoms with Gasteiger partial charge in [-0.3, -0.25) is 0 Å². The van der Waals surface area contributed by atoms with E-state index in [9.17, 15) is 52.7 Å². The fourth-order valence-corrected chi connectivity index (χ4v) is 8.75. The lowest BCUT2D eigenvalue weighted by molar-refractivity contribution is -0.144. The maximum atomic E-state index is 15.9. The minimum absolute atomic E-state index is 0.000511. The van der Waals surface area contributed by atoms with Crippen LogP contribution in [0.2, 0.25) is 0 Å². The molecule has 0 bridgehead atoms. The summed E-state index contributed by atoms with van der Waals surface area (Å²) in [4.78, 5) is 14.5. The van der Waals surface area contributed by atoms with Gasteiger partial charge < -0.3 is 4.57 Å². The highest BCUT2D eigenvalue weighted by Crippen LogP contribution is 2.46. The van der Waals surface area contributed by atoms with Gasteiger partial charge in [-0.15, -0.1) is 0 Å². The van der Waals surface area contributed by atoms with Gasteiger partial charge in [0.15, 0.2) is 17.5 Å². The Kier molecular flexibility index (Phi) is 11.5. The molecule has 0 aliphatic carbocycles. The number of halogens is 13. The highest BCUT2D eigenvalue weighted by molar-refractivity contribution is 6.11. The van der Waals surface area contributed by atoms with Crippen LogP contribution in [0.5, 0.6) is 0 Å². The van der Waals surface area contributed by atoms with Crippen molar-refractivity contribution in [1.82, 2.24) is 19.5 Å². The lowest BCUT2D eigenvalue weighted by atomic mass is 9.95. The Morgan fingerprint density at radius 2 is 0.750 bits per heavy atom. The first-order valence-electron chi connectivity index (χ1n) is 21.6. The van der Waals surface area contributed by atoms with E-state index in [-0.39, 0.29) is 74.1 Å². The van der Waals surface area contributed by atoms with Crippen LogP contribution in [0, 0.1) is 5.82 Å². The summed E-state index contributed by atoms with van der Waals surface area (Å²) < 4.78 is 188. The normalized spacial score (nSPS) is 12.5. The Hall–Kier alpha value is -8.34. The lowest BCUT2D eigenvalue weighted by Crippen LogP contribution is -2.12. The van der Waals surface area contributed by atoms with E-state index in [2.05, 4.69) is 0 Å². The van der Waals surface area contributed by atoms with Crippen molar-refractivity contribution in [3.8, 4) is 73.2 Å². The highest BCUT2D eigenvalue weighted by Gasteiger charge is 2.40. The number of rotatable bonds is 7. The summed E-state index contributed by atoms with van der Waals surface area (Å²) in [6, 6.07) is 38.3. The summed E-state index contributed by atoms with van der Waals surface area (Å²) in [5.41, 5.74) is -5.89.